The average molecular weight is 306 g/mol. The van der Waals surface area contributed by atoms with E-state index in [0.717, 1.165) is 15.8 Å². The molecule has 0 radical (unpaired) electrons. The van der Waals surface area contributed by atoms with Gasteiger partial charge in [-0.15, -0.1) is 11.3 Å². The molecule has 1 aromatic carbocycles. The summed E-state index contributed by atoms with van der Waals surface area (Å²) in [5.74, 6) is -0.924. The molecule has 20 heavy (non-hydrogen) atoms. The number of carboxylic acid groups (broad SMARTS) is 1. The molecular formula is C15H12ClNO2S. The maximum Gasteiger partial charge on any atom is 0.352 e. The Labute approximate surface area is 125 Å². The Morgan fingerprint density at radius 1 is 1.30 bits per heavy atom. The molecule has 0 aliphatic heterocycles. The van der Waals surface area contributed by atoms with E-state index in [1.54, 1.807) is 6.07 Å². The molecular weight excluding hydrogens is 294 g/mol. The highest BCUT2D eigenvalue weighted by molar-refractivity contribution is 7.22. The summed E-state index contributed by atoms with van der Waals surface area (Å²) in [6.07, 6.45) is 0. The summed E-state index contributed by atoms with van der Waals surface area (Å²) in [6, 6.07) is 13.3. The first-order valence-corrected chi connectivity index (χ1v) is 7.36. The van der Waals surface area contributed by atoms with Gasteiger partial charge in [0, 0.05) is 5.39 Å². The topological polar surface area (TPSA) is 42.2 Å². The average Bonchev–Trinajstić information content (AvgIpc) is 2.94. The van der Waals surface area contributed by atoms with Crippen molar-refractivity contribution in [3.05, 3.63) is 58.1 Å². The zero-order valence-corrected chi connectivity index (χ0v) is 12.3. The molecule has 5 heteroatoms. The zero-order chi connectivity index (χ0) is 14.3. The first-order chi connectivity index (χ1) is 9.58. The van der Waals surface area contributed by atoms with Gasteiger partial charge in [0.05, 0.1) is 10.4 Å². The van der Waals surface area contributed by atoms with Gasteiger partial charge >= 0.3 is 5.97 Å². The lowest BCUT2D eigenvalue weighted by Crippen LogP contribution is -2.13. The van der Waals surface area contributed by atoms with E-state index in [4.69, 9.17) is 11.6 Å². The molecule has 0 unspecified atom stereocenters. The first kappa shape index (κ1) is 13.2. The number of halogens is 1. The van der Waals surface area contributed by atoms with Gasteiger partial charge in [0.2, 0.25) is 0 Å². The molecule has 3 aromatic rings. The van der Waals surface area contributed by atoms with Gasteiger partial charge in [0.15, 0.2) is 0 Å². The Hall–Kier alpha value is -1.78. The molecule has 0 amide bonds. The predicted molar refractivity (Wildman–Crippen MR) is 82.0 cm³/mol. The van der Waals surface area contributed by atoms with Crippen molar-refractivity contribution in [3.63, 3.8) is 0 Å². The molecule has 3 rings (SSSR count). The highest BCUT2D eigenvalue weighted by Gasteiger charge is 2.21. The number of hydrogen-bond acceptors (Lipinski definition) is 2. The van der Waals surface area contributed by atoms with Crippen molar-refractivity contribution < 1.29 is 9.90 Å². The zero-order valence-electron chi connectivity index (χ0n) is 10.7. The van der Waals surface area contributed by atoms with Crippen LogP contribution in [-0.4, -0.2) is 15.6 Å². The molecule has 0 bridgehead atoms. The van der Waals surface area contributed by atoms with E-state index in [1.165, 1.54) is 11.3 Å². The molecule has 102 valence electrons. The number of benzene rings is 1. The van der Waals surface area contributed by atoms with Gasteiger partial charge in [-0.2, -0.15) is 0 Å². The van der Waals surface area contributed by atoms with Crippen molar-refractivity contribution in [2.45, 2.75) is 13.0 Å². The van der Waals surface area contributed by atoms with Crippen molar-refractivity contribution in [3.8, 4) is 0 Å². The van der Waals surface area contributed by atoms with Crippen molar-refractivity contribution in [2.75, 3.05) is 0 Å². The number of nitrogens with zero attached hydrogens (tertiary/aromatic N) is 1. The minimum absolute atomic E-state index is 0.0606. The Morgan fingerprint density at radius 2 is 2.00 bits per heavy atom. The number of aromatic carboxylic acids is 1. The van der Waals surface area contributed by atoms with Gasteiger partial charge in [-0.3, -0.25) is 0 Å². The Bertz CT molecular complexity index is 776. The highest BCUT2D eigenvalue weighted by atomic mass is 35.5. The van der Waals surface area contributed by atoms with Crippen LogP contribution in [0.4, 0.5) is 0 Å². The normalized spacial score (nSPS) is 12.7. The van der Waals surface area contributed by atoms with Crippen LogP contribution in [0.25, 0.3) is 10.2 Å². The van der Waals surface area contributed by atoms with Crippen molar-refractivity contribution in [1.29, 1.82) is 0 Å². The minimum Gasteiger partial charge on any atom is -0.477 e. The fourth-order valence-electron chi connectivity index (χ4n) is 2.41. The molecule has 0 aliphatic carbocycles. The second kappa shape index (κ2) is 4.96. The molecule has 1 atom stereocenters. The second-order valence-corrected chi connectivity index (χ2v) is 6.26. The smallest absolute Gasteiger partial charge is 0.352 e. The van der Waals surface area contributed by atoms with Gasteiger partial charge in [0.1, 0.15) is 10.5 Å². The number of fused-ring (bicyclic) bond motifs is 1. The van der Waals surface area contributed by atoms with Crippen molar-refractivity contribution in [1.82, 2.24) is 4.57 Å². The summed E-state index contributed by atoms with van der Waals surface area (Å²) in [4.78, 5) is 12.4. The van der Waals surface area contributed by atoms with E-state index in [2.05, 4.69) is 0 Å². The van der Waals surface area contributed by atoms with Crippen molar-refractivity contribution >= 4 is 39.1 Å². The molecule has 0 saturated heterocycles. The summed E-state index contributed by atoms with van der Waals surface area (Å²) < 4.78 is 2.50. The predicted octanol–water partition coefficient (Wildman–Crippen LogP) is 4.66. The Kier molecular flexibility index (Phi) is 3.28. The molecule has 0 saturated carbocycles. The van der Waals surface area contributed by atoms with Gasteiger partial charge in [-0.25, -0.2) is 4.79 Å². The summed E-state index contributed by atoms with van der Waals surface area (Å²) in [5, 5.41) is 10.3. The SMILES string of the molecule is C[C@H](c1ccccc1)n1c(C(=O)O)cc2cc(Cl)sc21. The lowest BCUT2D eigenvalue weighted by Gasteiger charge is -2.17. The number of carboxylic acids is 1. The molecule has 3 nitrogen and oxygen atoms in total. The van der Waals surface area contributed by atoms with Crippen LogP contribution >= 0.6 is 22.9 Å². The fraction of sp³-hybridized carbons (Fsp3) is 0.133. The number of thiophene rings is 1. The number of rotatable bonds is 3. The monoisotopic (exact) mass is 305 g/mol. The summed E-state index contributed by atoms with van der Waals surface area (Å²) in [5.41, 5.74) is 1.36. The standard InChI is InChI=1S/C15H12ClNO2S/c1-9(10-5-3-2-4-6-10)17-12(15(18)19)7-11-8-13(16)20-14(11)17/h2-9H,1H3,(H,18,19)/t9-/m1/s1. The van der Waals surface area contributed by atoms with Gasteiger partial charge in [-0.1, -0.05) is 41.9 Å². The van der Waals surface area contributed by atoms with E-state index in [1.807, 2.05) is 47.9 Å². The van der Waals surface area contributed by atoms with Crippen LogP contribution in [0.15, 0.2) is 42.5 Å². The van der Waals surface area contributed by atoms with Gasteiger partial charge in [0.25, 0.3) is 0 Å². The van der Waals surface area contributed by atoms with Crippen molar-refractivity contribution in [2.24, 2.45) is 0 Å². The van der Waals surface area contributed by atoms with Crippen LogP contribution in [0, 0.1) is 0 Å². The minimum atomic E-state index is -0.924. The van der Waals surface area contributed by atoms with Gasteiger partial charge < -0.3 is 9.67 Å². The van der Waals surface area contributed by atoms with E-state index in [0.29, 0.717) is 10.0 Å². The van der Waals surface area contributed by atoms with Crippen LogP contribution < -0.4 is 0 Å². The van der Waals surface area contributed by atoms with E-state index >= 15 is 0 Å². The molecule has 0 aliphatic rings. The molecule has 0 fully saturated rings. The third-order valence-corrected chi connectivity index (χ3v) is 4.65. The van der Waals surface area contributed by atoms with Crippen LogP contribution in [0.5, 0.6) is 0 Å². The Morgan fingerprint density at radius 3 is 2.65 bits per heavy atom. The van der Waals surface area contributed by atoms with E-state index in [-0.39, 0.29) is 6.04 Å². The largest absolute Gasteiger partial charge is 0.477 e. The summed E-state index contributed by atoms with van der Waals surface area (Å²) in [6.45, 7) is 1.99. The maximum atomic E-state index is 11.5. The Balaban J connectivity index is 2.22. The van der Waals surface area contributed by atoms with Gasteiger partial charge in [-0.05, 0) is 24.6 Å². The molecule has 1 N–H and O–H groups in total. The molecule has 0 spiro atoms. The van der Waals surface area contributed by atoms with E-state index < -0.39 is 5.97 Å². The highest BCUT2D eigenvalue weighted by Crippen LogP contribution is 2.35. The molecule has 2 heterocycles. The van der Waals surface area contributed by atoms with Crippen LogP contribution in [0.1, 0.15) is 29.0 Å². The maximum absolute atomic E-state index is 11.5. The van der Waals surface area contributed by atoms with Crippen LogP contribution in [0.3, 0.4) is 0 Å². The third-order valence-electron chi connectivity index (χ3n) is 3.37. The van der Waals surface area contributed by atoms with E-state index in [9.17, 15) is 9.90 Å². The summed E-state index contributed by atoms with van der Waals surface area (Å²) >= 11 is 7.44. The first-order valence-electron chi connectivity index (χ1n) is 6.16. The third kappa shape index (κ3) is 2.11. The number of hydrogen-bond donors (Lipinski definition) is 1. The lowest BCUT2D eigenvalue weighted by atomic mass is 10.1. The van der Waals surface area contributed by atoms with Crippen LogP contribution in [0.2, 0.25) is 4.34 Å². The fourth-order valence-corrected chi connectivity index (χ4v) is 3.71. The number of carbonyl (C=O) groups is 1. The number of aromatic nitrogens is 1. The summed E-state index contributed by atoms with van der Waals surface area (Å²) in [7, 11) is 0. The quantitative estimate of drug-likeness (QED) is 0.764. The second-order valence-electron chi connectivity index (χ2n) is 4.60. The molecule has 2 aromatic heterocycles. The lowest BCUT2D eigenvalue weighted by molar-refractivity contribution is 0.0684. The van der Waals surface area contributed by atoms with Crippen LogP contribution in [-0.2, 0) is 0 Å².